The molecule has 138 valence electrons. The average molecular weight is 348 g/mol. The van der Waals surface area contributed by atoms with Crippen molar-refractivity contribution in [1.29, 1.82) is 0 Å². The minimum Gasteiger partial charge on any atom is -0.392 e. The molecule has 1 saturated heterocycles. The van der Waals surface area contributed by atoms with Crippen LogP contribution in [0.25, 0.3) is 0 Å². The maximum Gasteiger partial charge on any atom is 0.273 e. The summed E-state index contributed by atoms with van der Waals surface area (Å²) in [5.74, 6) is 0.488. The van der Waals surface area contributed by atoms with Crippen molar-refractivity contribution >= 4 is 5.91 Å². The fourth-order valence-corrected chi connectivity index (χ4v) is 4.81. The second-order valence-electron chi connectivity index (χ2n) is 7.98. The number of ether oxygens (including phenoxy) is 1. The molecule has 0 unspecified atom stereocenters. The number of carbonyl (C=O) groups is 1. The number of aliphatic hydroxyl groups is 1. The lowest BCUT2D eigenvalue weighted by Crippen LogP contribution is -2.65. The molecule has 2 heterocycles. The summed E-state index contributed by atoms with van der Waals surface area (Å²) in [4.78, 5) is 12.7. The molecule has 2 saturated carbocycles. The van der Waals surface area contributed by atoms with Crippen molar-refractivity contribution in [2.75, 3.05) is 13.2 Å². The molecule has 3 fully saturated rings. The van der Waals surface area contributed by atoms with Gasteiger partial charge >= 0.3 is 0 Å². The van der Waals surface area contributed by atoms with Crippen LogP contribution in [0.2, 0.25) is 0 Å². The molecular weight excluding hydrogens is 320 g/mol. The van der Waals surface area contributed by atoms with Crippen molar-refractivity contribution in [2.45, 2.75) is 70.6 Å². The lowest BCUT2D eigenvalue weighted by atomic mass is 9.58. The Kier molecular flexibility index (Phi) is 4.54. The Morgan fingerprint density at radius 1 is 1.36 bits per heavy atom. The van der Waals surface area contributed by atoms with E-state index in [4.69, 9.17) is 4.74 Å². The van der Waals surface area contributed by atoms with Crippen LogP contribution in [0.3, 0.4) is 0 Å². The molecule has 2 aliphatic carbocycles. The fourth-order valence-electron chi connectivity index (χ4n) is 4.81. The van der Waals surface area contributed by atoms with Crippen LogP contribution in [0.4, 0.5) is 0 Å². The lowest BCUT2D eigenvalue weighted by molar-refractivity contribution is -0.145. The largest absolute Gasteiger partial charge is 0.392 e. The minimum absolute atomic E-state index is 0.00159. The third kappa shape index (κ3) is 2.97. The summed E-state index contributed by atoms with van der Waals surface area (Å²) in [5.41, 5.74) is 1.04. The fraction of sp³-hybridized carbons (Fsp3) is 0.833. The Labute approximate surface area is 148 Å². The van der Waals surface area contributed by atoms with Crippen LogP contribution in [0.5, 0.6) is 0 Å². The van der Waals surface area contributed by atoms with Gasteiger partial charge in [0.05, 0.1) is 11.8 Å². The highest BCUT2D eigenvalue weighted by Gasteiger charge is 2.55. The molecular formula is C18H28N4O3. The Morgan fingerprint density at radius 2 is 2.08 bits per heavy atom. The van der Waals surface area contributed by atoms with Gasteiger partial charge in [-0.25, -0.2) is 4.68 Å². The van der Waals surface area contributed by atoms with E-state index in [0.29, 0.717) is 31.2 Å². The first kappa shape index (κ1) is 17.0. The number of nitrogens with one attached hydrogen (secondary N) is 1. The van der Waals surface area contributed by atoms with Gasteiger partial charge in [0.25, 0.3) is 5.91 Å². The van der Waals surface area contributed by atoms with E-state index in [9.17, 15) is 9.90 Å². The van der Waals surface area contributed by atoms with Crippen molar-refractivity contribution in [3.63, 3.8) is 0 Å². The molecule has 1 aromatic rings. The molecule has 1 aromatic heterocycles. The summed E-state index contributed by atoms with van der Waals surface area (Å²) < 4.78 is 7.30. The van der Waals surface area contributed by atoms with Gasteiger partial charge in [-0.1, -0.05) is 18.1 Å². The van der Waals surface area contributed by atoms with Gasteiger partial charge < -0.3 is 15.2 Å². The minimum atomic E-state index is -0.346. The quantitative estimate of drug-likeness (QED) is 0.859. The van der Waals surface area contributed by atoms with Gasteiger partial charge in [0.1, 0.15) is 0 Å². The van der Waals surface area contributed by atoms with E-state index in [1.807, 2.05) is 11.6 Å². The average Bonchev–Trinajstić information content (AvgIpc) is 3.26. The molecule has 1 amide bonds. The van der Waals surface area contributed by atoms with Crippen LogP contribution in [0.15, 0.2) is 0 Å². The molecule has 7 heteroatoms. The van der Waals surface area contributed by atoms with Gasteiger partial charge in [0.2, 0.25) is 0 Å². The van der Waals surface area contributed by atoms with E-state index in [0.717, 1.165) is 25.1 Å². The Balaban J connectivity index is 1.42. The summed E-state index contributed by atoms with van der Waals surface area (Å²) in [6.45, 7) is 4.08. The number of carbonyl (C=O) groups excluding carboxylic acids is 1. The third-order valence-electron chi connectivity index (χ3n) is 6.65. The van der Waals surface area contributed by atoms with E-state index < -0.39 is 0 Å². The first-order valence-corrected chi connectivity index (χ1v) is 9.57. The number of hydrogen-bond acceptors (Lipinski definition) is 5. The standard InChI is InChI=1S/C18H28N4O3/c1-12-16(20-21-22(12)11-13-4-2-3-5-13)17(24)19-14-10-15(23)18(14)6-8-25-9-7-18/h13-15,23H,2-11H2,1H3,(H,19,24)/t14-,15-/m1/s1. The molecule has 0 radical (unpaired) electrons. The predicted molar refractivity (Wildman–Crippen MR) is 91.1 cm³/mol. The number of aliphatic hydroxyl groups excluding tert-OH is 1. The monoisotopic (exact) mass is 348 g/mol. The van der Waals surface area contributed by atoms with E-state index in [2.05, 4.69) is 15.6 Å². The first-order chi connectivity index (χ1) is 12.1. The van der Waals surface area contributed by atoms with Crippen LogP contribution >= 0.6 is 0 Å². The molecule has 25 heavy (non-hydrogen) atoms. The lowest BCUT2D eigenvalue weighted by Gasteiger charge is -2.55. The van der Waals surface area contributed by atoms with E-state index in [-0.39, 0.29) is 23.5 Å². The molecule has 4 rings (SSSR count). The van der Waals surface area contributed by atoms with E-state index >= 15 is 0 Å². The van der Waals surface area contributed by atoms with Crippen molar-refractivity contribution < 1.29 is 14.6 Å². The summed E-state index contributed by atoms with van der Waals surface area (Å²) in [6.07, 6.45) is 6.93. The van der Waals surface area contributed by atoms with Crippen molar-refractivity contribution in [3.8, 4) is 0 Å². The Bertz CT molecular complexity index is 632. The number of hydrogen-bond donors (Lipinski definition) is 2. The molecule has 0 bridgehead atoms. The zero-order valence-electron chi connectivity index (χ0n) is 14.9. The van der Waals surface area contributed by atoms with Crippen molar-refractivity contribution in [3.05, 3.63) is 11.4 Å². The molecule has 2 N–H and O–H groups in total. The maximum atomic E-state index is 12.7. The maximum absolute atomic E-state index is 12.7. The third-order valence-corrected chi connectivity index (χ3v) is 6.65. The molecule has 0 aromatic carbocycles. The molecule has 3 aliphatic rings. The highest BCUT2D eigenvalue weighted by molar-refractivity contribution is 5.93. The van der Waals surface area contributed by atoms with Crippen LogP contribution < -0.4 is 5.32 Å². The number of nitrogens with zero attached hydrogens (tertiary/aromatic N) is 3. The Hall–Kier alpha value is -1.47. The summed E-state index contributed by atoms with van der Waals surface area (Å²) in [5, 5.41) is 21.7. The van der Waals surface area contributed by atoms with Gasteiger partial charge in [-0.3, -0.25) is 4.79 Å². The zero-order chi connectivity index (χ0) is 17.4. The van der Waals surface area contributed by atoms with Crippen LogP contribution in [-0.4, -0.2) is 51.4 Å². The molecule has 7 nitrogen and oxygen atoms in total. The van der Waals surface area contributed by atoms with Gasteiger partial charge in [-0.15, -0.1) is 5.10 Å². The number of aromatic nitrogens is 3. The summed E-state index contributed by atoms with van der Waals surface area (Å²) >= 11 is 0. The highest BCUT2D eigenvalue weighted by Crippen LogP contribution is 2.49. The number of rotatable bonds is 4. The summed E-state index contributed by atoms with van der Waals surface area (Å²) in [7, 11) is 0. The van der Waals surface area contributed by atoms with Gasteiger partial charge in [-0.05, 0) is 44.9 Å². The van der Waals surface area contributed by atoms with Gasteiger partial charge in [-0.2, -0.15) is 0 Å². The van der Waals surface area contributed by atoms with Crippen LogP contribution in [0.1, 0.15) is 61.1 Å². The molecule has 1 aliphatic heterocycles. The van der Waals surface area contributed by atoms with Crippen LogP contribution in [0, 0.1) is 18.3 Å². The number of amides is 1. The second-order valence-corrected chi connectivity index (χ2v) is 7.98. The SMILES string of the molecule is Cc1c(C(=O)N[C@@H]2C[C@@H](O)C23CCOCC3)nnn1CC1CCCC1. The Morgan fingerprint density at radius 3 is 2.76 bits per heavy atom. The van der Waals surface area contributed by atoms with Gasteiger partial charge in [0, 0.05) is 31.2 Å². The smallest absolute Gasteiger partial charge is 0.273 e. The van der Waals surface area contributed by atoms with E-state index in [1.54, 1.807) is 0 Å². The molecule has 2 atom stereocenters. The first-order valence-electron chi connectivity index (χ1n) is 9.57. The van der Waals surface area contributed by atoms with E-state index in [1.165, 1.54) is 25.7 Å². The normalized spacial score (nSPS) is 28.9. The topological polar surface area (TPSA) is 89.3 Å². The van der Waals surface area contributed by atoms with Crippen LogP contribution in [-0.2, 0) is 11.3 Å². The van der Waals surface area contributed by atoms with Gasteiger partial charge in [0.15, 0.2) is 5.69 Å². The predicted octanol–water partition coefficient (Wildman–Crippen LogP) is 1.44. The van der Waals surface area contributed by atoms with Crippen molar-refractivity contribution in [2.24, 2.45) is 11.3 Å². The highest BCUT2D eigenvalue weighted by atomic mass is 16.5. The van der Waals surface area contributed by atoms with Crippen molar-refractivity contribution in [1.82, 2.24) is 20.3 Å². The molecule has 1 spiro atoms. The zero-order valence-corrected chi connectivity index (χ0v) is 14.9. The second kappa shape index (κ2) is 6.68. The summed E-state index contributed by atoms with van der Waals surface area (Å²) in [6, 6.07) is -0.00159.